The number of tetrazole rings is 1. The first-order valence-electron chi connectivity index (χ1n) is 18.0. The molecular weight excluding hydrogens is 734 g/mol. The standard InChI is InChI=1S/C40H45F3N6O5S/c1-52-32-14-6-28(7-15-32)24-48(25-29-8-16-33(53-2)17-9-29)55(50,51)38-36(40(41,42)43)21-20-35(31-12-4-27(5-13-31)22-23-44)37(38)39-45-47-49(46-39)26-30-10-18-34(54-3)19-11-30/h6-11,14-21,27,31H,4-5,12-13,22-26,44H2,1-3H3. The molecule has 0 aliphatic heterocycles. The molecule has 0 bridgehead atoms. The minimum atomic E-state index is -5.04. The van der Waals surface area contributed by atoms with Crippen molar-refractivity contribution in [2.45, 2.75) is 68.7 Å². The summed E-state index contributed by atoms with van der Waals surface area (Å²) in [4.78, 5) is 0.356. The van der Waals surface area contributed by atoms with Crippen LogP contribution in [-0.2, 0) is 35.8 Å². The van der Waals surface area contributed by atoms with Gasteiger partial charge in [0.15, 0.2) is 0 Å². The molecule has 0 radical (unpaired) electrons. The lowest BCUT2D eigenvalue weighted by molar-refractivity contribution is -0.139. The third kappa shape index (κ3) is 9.28. The van der Waals surface area contributed by atoms with Gasteiger partial charge in [-0.25, -0.2) is 8.42 Å². The summed E-state index contributed by atoms with van der Waals surface area (Å²) >= 11 is 0. The van der Waals surface area contributed by atoms with E-state index in [1.165, 1.54) is 25.1 Å². The summed E-state index contributed by atoms with van der Waals surface area (Å²) in [5.41, 5.74) is 6.68. The van der Waals surface area contributed by atoms with Gasteiger partial charge < -0.3 is 19.9 Å². The second kappa shape index (κ2) is 17.2. The smallest absolute Gasteiger partial charge is 0.417 e. The maximum atomic E-state index is 15.2. The van der Waals surface area contributed by atoms with Crippen LogP contribution in [0.3, 0.4) is 0 Å². The Morgan fingerprint density at radius 2 is 1.27 bits per heavy atom. The number of benzene rings is 4. The van der Waals surface area contributed by atoms with E-state index < -0.39 is 26.7 Å². The Balaban J connectivity index is 1.52. The van der Waals surface area contributed by atoms with Gasteiger partial charge in [-0.2, -0.15) is 22.3 Å². The average Bonchev–Trinajstić information content (AvgIpc) is 3.66. The van der Waals surface area contributed by atoms with Crippen LogP contribution in [0, 0.1) is 5.92 Å². The Labute approximate surface area is 319 Å². The van der Waals surface area contributed by atoms with Crippen LogP contribution < -0.4 is 19.9 Å². The first kappa shape index (κ1) is 39.7. The van der Waals surface area contributed by atoms with Crippen LogP contribution in [0.1, 0.15) is 65.8 Å². The van der Waals surface area contributed by atoms with Crippen LogP contribution in [-0.4, -0.2) is 60.8 Å². The largest absolute Gasteiger partial charge is 0.497 e. The fraction of sp³-hybridized carbons (Fsp3) is 0.375. The summed E-state index contributed by atoms with van der Waals surface area (Å²) < 4.78 is 93.1. The molecule has 1 aliphatic carbocycles. The van der Waals surface area contributed by atoms with E-state index in [2.05, 4.69) is 15.4 Å². The molecule has 5 aromatic rings. The molecule has 0 saturated heterocycles. The van der Waals surface area contributed by atoms with Gasteiger partial charge in [0.05, 0.1) is 33.4 Å². The van der Waals surface area contributed by atoms with E-state index in [9.17, 15) is 0 Å². The van der Waals surface area contributed by atoms with Gasteiger partial charge in [0.25, 0.3) is 0 Å². The first-order valence-corrected chi connectivity index (χ1v) is 19.5. The molecule has 55 heavy (non-hydrogen) atoms. The van der Waals surface area contributed by atoms with Gasteiger partial charge in [0.2, 0.25) is 15.8 Å². The highest BCUT2D eigenvalue weighted by molar-refractivity contribution is 7.89. The third-order valence-corrected chi connectivity index (χ3v) is 12.0. The molecule has 1 aliphatic rings. The van der Waals surface area contributed by atoms with Crippen LogP contribution in [0.25, 0.3) is 11.4 Å². The number of alkyl halides is 3. The summed E-state index contributed by atoms with van der Waals surface area (Å²) in [6, 6.07) is 22.9. The molecule has 292 valence electrons. The molecule has 4 aromatic carbocycles. The lowest BCUT2D eigenvalue weighted by atomic mass is 9.76. The van der Waals surface area contributed by atoms with E-state index in [4.69, 9.17) is 19.9 Å². The van der Waals surface area contributed by atoms with E-state index >= 15 is 21.6 Å². The monoisotopic (exact) mass is 778 g/mol. The Kier molecular flexibility index (Phi) is 12.4. The van der Waals surface area contributed by atoms with Crippen molar-refractivity contribution < 1.29 is 35.8 Å². The highest BCUT2D eigenvalue weighted by Crippen LogP contribution is 2.47. The number of halogens is 3. The van der Waals surface area contributed by atoms with Crippen molar-refractivity contribution in [2.24, 2.45) is 11.7 Å². The number of nitrogens with zero attached hydrogens (tertiary/aromatic N) is 5. The Hall–Kier alpha value is -4.99. The van der Waals surface area contributed by atoms with E-state index in [-0.39, 0.29) is 36.9 Å². The van der Waals surface area contributed by atoms with Crippen molar-refractivity contribution in [3.63, 3.8) is 0 Å². The van der Waals surface area contributed by atoms with Crippen LogP contribution >= 0.6 is 0 Å². The maximum Gasteiger partial charge on any atom is 0.417 e. The van der Waals surface area contributed by atoms with Gasteiger partial charge in [-0.3, -0.25) is 0 Å². The van der Waals surface area contributed by atoms with Crippen molar-refractivity contribution in [1.29, 1.82) is 0 Å². The lowest BCUT2D eigenvalue weighted by Crippen LogP contribution is -2.33. The van der Waals surface area contributed by atoms with Gasteiger partial charge in [-0.1, -0.05) is 42.5 Å². The average molecular weight is 779 g/mol. The first-order chi connectivity index (χ1) is 26.4. The fourth-order valence-corrected chi connectivity index (χ4v) is 9.01. The number of nitrogens with two attached hydrogens (primary N) is 1. The second-order valence-corrected chi connectivity index (χ2v) is 15.5. The minimum absolute atomic E-state index is 0.138. The zero-order valence-electron chi connectivity index (χ0n) is 31.0. The molecule has 1 aromatic heterocycles. The van der Waals surface area contributed by atoms with E-state index in [0.29, 0.717) is 59.2 Å². The summed E-state index contributed by atoms with van der Waals surface area (Å²) in [6.45, 7) is 0.212. The molecule has 6 rings (SSSR count). The molecule has 15 heteroatoms. The highest BCUT2D eigenvalue weighted by atomic mass is 32.2. The van der Waals surface area contributed by atoms with E-state index in [1.807, 2.05) is 12.1 Å². The van der Waals surface area contributed by atoms with Gasteiger partial charge in [0.1, 0.15) is 22.1 Å². The Morgan fingerprint density at radius 1 is 0.764 bits per heavy atom. The summed E-state index contributed by atoms with van der Waals surface area (Å²) in [7, 11) is -0.385. The van der Waals surface area contributed by atoms with Gasteiger partial charge in [-0.15, -0.1) is 10.2 Å². The number of sulfonamides is 1. The summed E-state index contributed by atoms with van der Waals surface area (Å²) in [5, 5.41) is 13.0. The van der Waals surface area contributed by atoms with Crippen molar-refractivity contribution >= 4 is 10.0 Å². The van der Waals surface area contributed by atoms with Gasteiger partial charge in [-0.05, 0) is 120 Å². The van der Waals surface area contributed by atoms with Crippen molar-refractivity contribution in [1.82, 2.24) is 24.5 Å². The third-order valence-electron chi connectivity index (χ3n) is 10.2. The van der Waals surface area contributed by atoms with Crippen molar-refractivity contribution in [3.8, 4) is 28.6 Å². The van der Waals surface area contributed by atoms with Crippen molar-refractivity contribution in [3.05, 3.63) is 113 Å². The van der Waals surface area contributed by atoms with Crippen LogP contribution in [0.2, 0.25) is 0 Å². The number of aromatic nitrogens is 4. The zero-order valence-corrected chi connectivity index (χ0v) is 31.8. The molecule has 0 amide bonds. The topological polar surface area (TPSA) is 135 Å². The van der Waals surface area contributed by atoms with E-state index in [0.717, 1.165) is 35.2 Å². The van der Waals surface area contributed by atoms with Crippen LogP contribution in [0.4, 0.5) is 13.2 Å². The molecule has 1 saturated carbocycles. The summed E-state index contributed by atoms with van der Waals surface area (Å²) in [5.74, 6) is 1.68. The SMILES string of the molecule is COc1ccc(CN(Cc2ccc(OC)cc2)S(=O)(=O)c2c(C(F)(F)F)ccc(C3CCC(CCN)CC3)c2-c2nnn(Cc3ccc(OC)cc3)n2)cc1. The van der Waals surface area contributed by atoms with Crippen molar-refractivity contribution in [2.75, 3.05) is 27.9 Å². The second-order valence-electron chi connectivity index (χ2n) is 13.7. The predicted octanol–water partition coefficient (Wildman–Crippen LogP) is 7.45. The Bertz CT molecular complexity index is 2090. The minimum Gasteiger partial charge on any atom is -0.497 e. The number of methoxy groups -OCH3 is 3. The van der Waals surface area contributed by atoms with Gasteiger partial charge in [0, 0.05) is 18.7 Å². The summed E-state index contributed by atoms with van der Waals surface area (Å²) in [6.07, 6.45) is -1.29. The number of rotatable bonds is 15. The van der Waals surface area contributed by atoms with Crippen LogP contribution in [0.5, 0.6) is 17.2 Å². The molecule has 1 fully saturated rings. The molecule has 0 unspecified atom stereocenters. The number of ether oxygens (including phenoxy) is 3. The maximum absolute atomic E-state index is 15.2. The molecule has 2 N–H and O–H groups in total. The molecule has 0 atom stereocenters. The predicted molar refractivity (Wildman–Crippen MR) is 201 cm³/mol. The van der Waals surface area contributed by atoms with E-state index in [1.54, 1.807) is 67.8 Å². The lowest BCUT2D eigenvalue weighted by Gasteiger charge is -2.31. The molecule has 11 nitrogen and oxygen atoms in total. The molecule has 1 heterocycles. The highest BCUT2D eigenvalue weighted by Gasteiger charge is 2.43. The Morgan fingerprint density at radius 3 is 1.75 bits per heavy atom. The molecular formula is C40H45F3N6O5S. The zero-order chi connectivity index (χ0) is 39.2. The molecule has 0 spiro atoms. The normalized spacial score (nSPS) is 16.3. The number of hydrogen-bond donors (Lipinski definition) is 1. The quantitative estimate of drug-likeness (QED) is 0.115. The van der Waals surface area contributed by atoms with Gasteiger partial charge >= 0.3 is 6.18 Å². The van der Waals surface area contributed by atoms with Crippen LogP contribution in [0.15, 0.2) is 89.8 Å². The fourth-order valence-electron chi connectivity index (χ4n) is 7.19. The number of hydrogen-bond acceptors (Lipinski definition) is 9.